The lowest BCUT2D eigenvalue weighted by atomic mass is 10.2. The van der Waals surface area contributed by atoms with Gasteiger partial charge in [-0.25, -0.2) is 0 Å². The number of amides is 1. The van der Waals surface area contributed by atoms with E-state index in [2.05, 4.69) is 15.9 Å². The van der Waals surface area contributed by atoms with Gasteiger partial charge >= 0.3 is 5.97 Å². The van der Waals surface area contributed by atoms with E-state index in [1.54, 1.807) is 0 Å². The Morgan fingerprint density at radius 2 is 2.05 bits per heavy atom. The molecule has 0 radical (unpaired) electrons. The summed E-state index contributed by atoms with van der Waals surface area (Å²) < 4.78 is 0.414. The molecule has 0 fully saturated rings. The van der Waals surface area contributed by atoms with Crippen molar-refractivity contribution in [1.82, 2.24) is 4.90 Å². The maximum Gasteiger partial charge on any atom is 0.305 e. The van der Waals surface area contributed by atoms with Crippen LogP contribution in [-0.2, 0) is 4.79 Å². The molecule has 7 nitrogen and oxygen atoms in total. The van der Waals surface area contributed by atoms with Crippen molar-refractivity contribution in [3.8, 4) is 0 Å². The van der Waals surface area contributed by atoms with E-state index in [1.165, 1.54) is 24.1 Å². The number of rotatable bonds is 5. The zero-order valence-corrected chi connectivity index (χ0v) is 11.6. The van der Waals surface area contributed by atoms with Crippen LogP contribution in [0.5, 0.6) is 0 Å². The summed E-state index contributed by atoms with van der Waals surface area (Å²) in [6, 6.07) is 3.89. The third-order valence-electron chi connectivity index (χ3n) is 2.35. The first kappa shape index (κ1) is 15.1. The summed E-state index contributed by atoms with van der Waals surface area (Å²) in [6.45, 7) is 0.0362. The Kier molecular flexibility index (Phi) is 4.99. The van der Waals surface area contributed by atoms with Crippen molar-refractivity contribution in [3.63, 3.8) is 0 Å². The molecule has 0 saturated heterocycles. The second-order valence-electron chi connectivity index (χ2n) is 3.83. The molecule has 0 aromatic heterocycles. The molecule has 1 aromatic rings. The van der Waals surface area contributed by atoms with Crippen LogP contribution in [0.1, 0.15) is 16.8 Å². The van der Waals surface area contributed by atoms with E-state index in [0.717, 1.165) is 6.07 Å². The summed E-state index contributed by atoms with van der Waals surface area (Å²) in [4.78, 5) is 33.7. The molecule has 1 aromatic carbocycles. The topological polar surface area (TPSA) is 101 Å². The zero-order valence-electron chi connectivity index (χ0n) is 10.00. The predicted octanol–water partition coefficient (Wildman–Crippen LogP) is 1.90. The largest absolute Gasteiger partial charge is 0.481 e. The van der Waals surface area contributed by atoms with E-state index in [1.807, 2.05) is 0 Å². The van der Waals surface area contributed by atoms with Gasteiger partial charge in [0.25, 0.3) is 11.6 Å². The van der Waals surface area contributed by atoms with Crippen molar-refractivity contribution < 1.29 is 19.6 Å². The number of hydrogen-bond acceptors (Lipinski definition) is 4. The van der Waals surface area contributed by atoms with E-state index in [9.17, 15) is 19.7 Å². The van der Waals surface area contributed by atoms with Crippen LogP contribution in [0, 0.1) is 10.1 Å². The molecule has 0 bridgehead atoms. The van der Waals surface area contributed by atoms with Crippen LogP contribution in [-0.4, -0.2) is 40.4 Å². The minimum Gasteiger partial charge on any atom is -0.481 e. The Labute approximate surface area is 117 Å². The maximum absolute atomic E-state index is 12.0. The normalized spacial score (nSPS) is 10.0. The van der Waals surface area contributed by atoms with Gasteiger partial charge in [0.05, 0.1) is 11.3 Å². The van der Waals surface area contributed by atoms with Gasteiger partial charge in [0, 0.05) is 35.8 Å². The summed E-state index contributed by atoms with van der Waals surface area (Å²) in [5, 5.41) is 19.2. The second kappa shape index (κ2) is 6.28. The number of non-ortho nitro benzene ring substituents is 1. The van der Waals surface area contributed by atoms with Crippen LogP contribution in [0.4, 0.5) is 5.69 Å². The Morgan fingerprint density at radius 3 is 2.58 bits per heavy atom. The van der Waals surface area contributed by atoms with Crippen LogP contribution < -0.4 is 0 Å². The van der Waals surface area contributed by atoms with Crippen LogP contribution in [0.2, 0.25) is 0 Å². The smallest absolute Gasteiger partial charge is 0.305 e. The number of benzene rings is 1. The van der Waals surface area contributed by atoms with E-state index in [0.29, 0.717) is 4.47 Å². The molecule has 0 spiro atoms. The number of nitro groups is 1. The van der Waals surface area contributed by atoms with Gasteiger partial charge in [0.15, 0.2) is 0 Å². The van der Waals surface area contributed by atoms with Crippen LogP contribution >= 0.6 is 15.9 Å². The summed E-state index contributed by atoms with van der Waals surface area (Å²) in [6.07, 6.45) is -0.182. The molecule has 102 valence electrons. The van der Waals surface area contributed by atoms with Crippen LogP contribution in [0.25, 0.3) is 0 Å². The van der Waals surface area contributed by atoms with Gasteiger partial charge in [-0.05, 0) is 6.07 Å². The third kappa shape index (κ3) is 4.32. The highest BCUT2D eigenvalue weighted by Crippen LogP contribution is 2.22. The molecule has 0 heterocycles. The maximum atomic E-state index is 12.0. The van der Waals surface area contributed by atoms with Gasteiger partial charge in [-0.3, -0.25) is 19.7 Å². The molecule has 1 rings (SSSR count). The third-order valence-corrected chi connectivity index (χ3v) is 2.81. The number of hydrogen-bond donors (Lipinski definition) is 1. The van der Waals surface area contributed by atoms with Crippen LogP contribution in [0.3, 0.4) is 0 Å². The van der Waals surface area contributed by atoms with Crippen molar-refractivity contribution in [2.75, 3.05) is 13.6 Å². The van der Waals surface area contributed by atoms with Gasteiger partial charge in [-0.1, -0.05) is 15.9 Å². The lowest BCUT2D eigenvalue weighted by molar-refractivity contribution is -0.385. The van der Waals surface area contributed by atoms with E-state index in [4.69, 9.17) is 5.11 Å². The van der Waals surface area contributed by atoms with Crippen LogP contribution in [0.15, 0.2) is 22.7 Å². The minimum atomic E-state index is -1.01. The van der Waals surface area contributed by atoms with Crippen molar-refractivity contribution in [2.24, 2.45) is 0 Å². The Balaban J connectivity index is 2.92. The summed E-state index contributed by atoms with van der Waals surface area (Å²) >= 11 is 3.09. The monoisotopic (exact) mass is 330 g/mol. The highest BCUT2D eigenvalue weighted by atomic mass is 79.9. The number of carboxylic acid groups (broad SMARTS) is 1. The fourth-order valence-corrected chi connectivity index (χ4v) is 1.87. The summed E-state index contributed by atoms with van der Waals surface area (Å²) in [5.41, 5.74) is -0.0710. The lowest BCUT2D eigenvalue weighted by Crippen LogP contribution is -2.29. The number of nitrogens with zero attached hydrogens (tertiary/aromatic N) is 2. The van der Waals surface area contributed by atoms with Crippen molar-refractivity contribution in [1.29, 1.82) is 0 Å². The van der Waals surface area contributed by atoms with Crippen molar-refractivity contribution >= 4 is 33.5 Å². The lowest BCUT2D eigenvalue weighted by Gasteiger charge is -2.16. The fraction of sp³-hybridized carbons (Fsp3) is 0.273. The number of halogens is 1. The molecule has 0 aliphatic heterocycles. The molecular formula is C11H11BrN2O5. The predicted molar refractivity (Wildman–Crippen MR) is 70.0 cm³/mol. The standard InChI is InChI=1S/C11H11BrN2O5/c1-13(3-2-10(15)16)11(17)7-4-8(12)6-9(5-7)14(18)19/h4-6H,2-3H2,1H3,(H,15,16). The average Bonchev–Trinajstić information content (AvgIpc) is 2.34. The molecule has 1 amide bonds. The van der Waals surface area contributed by atoms with Gasteiger partial charge in [-0.2, -0.15) is 0 Å². The van der Waals surface area contributed by atoms with E-state index < -0.39 is 16.8 Å². The van der Waals surface area contributed by atoms with E-state index >= 15 is 0 Å². The number of nitro benzene ring substituents is 1. The first-order valence-corrected chi connectivity index (χ1v) is 6.03. The number of aliphatic carboxylic acids is 1. The van der Waals surface area contributed by atoms with Gasteiger partial charge in [-0.15, -0.1) is 0 Å². The molecular weight excluding hydrogens is 320 g/mol. The molecule has 0 unspecified atom stereocenters. The molecule has 19 heavy (non-hydrogen) atoms. The Bertz CT molecular complexity index is 532. The molecule has 0 saturated carbocycles. The molecule has 0 atom stereocenters. The highest BCUT2D eigenvalue weighted by Gasteiger charge is 2.17. The minimum absolute atomic E-state index is 0.0362. The zero-order chi connectivity index (χ0) is 14.6. The first-order chi connectivity index (χ1) is 8.81. The van der Waals surface area contributed by atoms with Gasteiger partial charge in [0.2, 0.25) is 0 Å². The summed E-state index contributed by atoms with van der Waals surface area (Å²) in [7, 11) is 1.44. The van der Waals surface area contributed by atoms with Crippen molar-refractivity contribution in [3.05, 3.63) is 38.3 Å². The Hall–Kier alpha value is -1.96. The van der Waals surface area contributed by atoms with Gasteiger partial charge < -0.3 is 10.0 Å². The van der Waals surface area contributed by atoms with Gasteiger partial charge in [0.1, 0.15) is 0 Å². The Morgan fingerprint density at radius 1 is 1.42 bits per heavy atom. The van der Waals surface area contributed by atoms with Crippen molar-refractivity contribution in [2.45, 2.75) is 6.42 Å². The summed E-state index contributed by atoms with van der Waals surface area (Å²) in [5.74, 6) is -1.48. The molecule has 8 heteroatoms. The quantitative estimate of drug-likeness (QED) is 0.656. The second-order valence-corrected chi connectivity index (χ2v) is 4.74. The number of carbonyl (C=O) groups is 2. The highest BCUT2D eigenvalue weighted by molar-refractivity contribution is 9.10. The molecule has 0 aliphatic carbocycles. The molecule has 0 aliphatic rings. The first-order valence-electron chi connectivity index (χ1n) is 5.23. The SMILES string of the molecule is CN(CCC(=O)O)C(=O)c1cc(Br)cc([N+](=O)[O-])c1. The molecule has 1 N–H and O–H groups in total. The van der Waals surface area contributed by atoms with E-state index in [-0.39, 0.29) is 24.2 Å². The number of carboxylic acids is 1. The fourth-order valence-electron chi connectivity index (χ4n) is 1.39. The average molecular weight is 331 g/mol. The number of carbonyl (C=O) groups excluding carboxylic acids is 1.